The van der Waals surface area contributed by atoms with Crippen LogP contribution >= 0.6 is 11.8 Å². The molecule has 0 fully saturated rings. The van der Waals surface area contributed by atoms with Gasteiger partial charge in [-0.2, -0.15) is 11.8 Å². The summed E-state index contributed by atoms with van der Waals surface area (Å²) in [7, 11) is 0. The Labute approximate surface area is 103 Å². The van der Waals surface area contributed by atoms with Gasteiger partial charge in [-0.3, -0.25) is 4.79 Å². The van der Waals surface area contributed by atoms with Crippen LogP contribution in [0.5, 0.6) is 0 Å². The van der Waals surface area contributed by atoms with Gasteiger partial charge in [0, 0.05) is 6.08 Å². The first kappa shape index (κ1) is 15.7. The molecular formula is C10H15NO5S. The van der Waals surface area contributed by atoms with E-state index < -0.39 is 23.3 Å². The van der Waals surface area contributed by atoms with Crippen LogP contribution in [0.15, 0.2) is 12.2 Å². The molecule has 96 valence electrons. The lowest BCUT2D eigenvalue weighted by molar-refractivity contribution is -0.147. The normalized spacial score (nSPS) is 14.5. The molecule has 0 saturated heterocycles. The minimum atomic E-state index is -2.05. The summed E-state index contributed by atoms with van der Waals surface area (Å²) in [4.78, 5) is 32.7. The highest BCUT2D eigenvalue weighted by atomic mass is 32.2. The van der Waals surface area contributed by atoms with E-state index in [1.54, 1.807) is 0 Å². The third-order valence-electron chi connectivity index (χ3n) is 2.04. The fraction of sp³-hybridized carbons (Fsp3) is 0.500. The summed E-state index contributed by atoms with van der Waals surface area (Å²) >= 11 is 1.46. The van der Waals surface area contributed by atoms with Crippen molar-refractivity contribution in [3.05, 3.63) is 12.2 Å². The average Bonchev–Trinajstić information content (AvgIpc) is 2.25. The zero-order valence-electron chi connectivity index (χ0n) is 9.38. The van der Waals surface area contributed by atoms with E-state index in [4.69, 9.17) is 15.9 Å². The number of nitrogens with two attached hydrogens (primary N) is 1. The van der Waals surface area contributed by atoms with Crippen LogP contribution in [0, 0.1) is 0 Å². The molecule has 0 radical (unpaired) electrons. The van der Waals surface area contributed by atoms with E-state index in [0.29, 0.717) is 17.9 Å². The van der Waals surface area contributed by atoms with Gasteiger partial charge in [0.1, 0.15) is 0 Å². The highest BCUT2D eigenvalue weighted by Crippen LogP contribution is 2.14. The monoisotopic (exact) mass is 261 g/mol. The van der Waals surface area contributed by atoms with Crippen molar-refractivity contribution in [3.63, 3.8) is 0 Å². The summed E-state index contributed by atoms with van der Waals surface area (Å²) in [5, 5.41) is 17.3. The van der Waals surface area contributed by atoms with Crippen molar-refractivity contribution in [2.24, 2.45) is 5.73 Å². The van der Waals surface area contributed by atoms with Crippen molar-refractivity contribution in [2.45, 2.75) is 18.9 Å². The molecule has 0 aromatic heterocycles. The van der Waals surface area contributed by atoms with Crippen LogP contribution in [0.3, 0.4) is 0 Å². The van der Waals surface area contributed by atoms with Crippen molar-refractivity contribution in [2.75, 3.05) is 11.5 Å². The van der Waals surface area contributed by atoms with Gasteiger partial charge in [0.25, 0.3) is 0 Å². The van der Waals surface area contributed by atoms with E-state index in [1.807, 2.05) is 6.92 Å². The Morgan fingerprint density at radius 3 is 2.29 bits per heavy atom. The highest BCUT2D eigenvalue weighted by molar-refractivity contribution is 7.99. The molecule has 0 rings (SSSR count). The lowest BCUT2D eigenvalue weighted by Crippen LogP contribution is -2.54. The van der Waals surface area contributed by atoms with Crippen LogP contribution in [0.4, 0.5) is 0 Å². The quantitative estimate of drug-likeness (QED) is 0.322. The molecule has 0 aromatic rings. The van der Waals surface area contributed by atoms with Crippen LogP contribution in [0.25, 0.3) is 0 Å². The summed E-state index contributed by atoms with van der Waals surface area (Å²) in [6.45, 7) is 1.90. The Balaban J connectivity index is 4.75. The van der Waals surface area contributed by atoms with Gasteiger partial charge in [-0.15, -0.1) is 0 Å². The van der Waals surface area contributed by atoms with Gasteiger partial charge in [-0.05, 0) is 24.0 Å². The Kier molecular flexibility index (Phi) is 6.52. The van der Waals surface area contributed by atoms with Gasteiger partial charge >= 0.3 is 11.9 Å². The van der Waals surface area contributed by atoms with Gasteiger partial charge < -0.3 is 15.9 Å². The Bertz CT molecular complexity index is 342. The third kappa shape index (κ3) is 5.01. The number of thioether (sulfide) groups is 1. The molecule has 0 heterocycles. The van der Waals surface area contributed by atoms with Gasteiger partial charge in [0.2, 0.25) is 0 Å². The molecule has 0 bridgehead atoms. The molecule has 1 unspecified atom stereocenters. The molecule has 6 nitrogen and oxygen atoms in total. The Morgan fingerprint density at radius 1 is 1.29 bits per heavy atom. The molecule has 0 saturated carbocycles. The fourth-order valence-electron chi connectivity index (χ4n) is 1.01. The number of hydrogen-bond donors (Lipinski definition) is 3. The van der Waals surface area contributed by atoms with Crippen molar-refractivity contribution in [3.8, 4) is 0 Å². The van der Waals surface area contributed by atoms with Crippen molar-refractivity contribution < 1.29 is 24.6 Å². The minimum Gasteiger partial charge on any atom is -0.480 e. The van der Waals surface area contributed by atoms with Crippen LogP contribution in [-0.2, 0) is 14.4 Å². The smallest absolute Gasteiger partial charge is 0.331 e. The molecule has 0 aromatic carbocycles. The van der Waals surface area contributed by atoms with Crippen LogP contribution in [0.2, 0.25) is 0 Å². The predicted octanol–water partition coefficient (Wildman–Crippen LogP) is 0.122. The molecule has 0 amide bonds. The SMILES string of the molecule is CCSCCC(N)(C(=O)O)C(=O)C=CC(=O)O. The van der Waals surface area contributed by atoms with Crippen molar-refractivity contribution in [1.82, 2.24) is 0 Å². The summed E-state index contributed by atoms with van der Waals surface area (Å²) in [6.07, 6.45) is 1.23. The number of carbonyl (C=O) groups excluding carboxylic acids is 1. The Hall–Kier alpha value is -1.34. The van der Waals surface area contributed by atoms with E-state index in [1.165, 1.54) is 11.8 Å². The molecule has 4 N–H and O–H groups in total. The first-order valence-electron chi connectivity index (χ1n) is 4.90. The fourth-order valence-corrected chi connectivity index (χ4v) is 1.76. The van der Waals surface area contributed by atoms with Gasteiger partial charge in [0.15, 0.2) is 11.3 Å². The standard InChI is InChI=1S/C10H15NO5S/c1-2-17-6-5-10(11,9(15)16)7(12)3-4-8(13)14/h3-4H,2,5-6,11H2,1H3,(H,13,14)(H,15,16). The summed E-state index contributed by atoms with van der Waals surface area (Å²) in [5.41, 5.74) is 3.46. The van der Waals surface area contributed by atoms with Gasteiger partial charge in [-0.1, -0.05) is 6.92 Å². The number of aliphatic carboxylic acids is 2. The minimum absolute atomic E-state index is 0.0381. The zero-order valence-corrected chi connectivity index (χ0v) is 10.2. The molecule has 0 aliphatic heterocycles. The number of carboxylic acid groups (broad SMARTS) is 2. The second-order valence-corrected chi connectivity index (χ2v) is 4.65. The molecule has 0 aliphatic rings. The summed E-state index contributed by atoms with van der Waals surface area (Å²) in [5.74, 6) is -2.48. The van der Waals surface area contributed by atoms with E-state index in [0.717, 1.165) is 5.75 Å². The molecule has 17 heavy (non-hydrogen) atoms. The van der Waals surface area contributed by atoms with Crippen LogP contribution in [-0.4, -0.2) is 45.0 Å². The van der Waals surface area contributed by atoms with Crippen LogP contribution < -0.4 is 5.73 Å². The number of hydrogen-bond acceptors (Lipinski definition) is 5. The van der Waals surface area contributed by atoms with E-state index in [2.05, 4.69) is 0 Å². The third-order valence-corrected chi connectivity index (χ3v) is 2.94. The van der Waals surface area contributed by atoms with Crippen LogP contribution in [0.1, 0.15) is 13.3 Å². The lowest BCUT2D eigenvalue weighted by atomic mass is 9.92. The average molecular weight is 261 g/mol. The highest BCUT2D eigenvalue weighted by Gasteiger charge is 2.40. The molecule has 0 spiro atoms. The van der Waals surface area contributed by atoms with E-state index in [-0.39, 0.29) is 6.42 Å². The molecule has 0 aliphatic carbocycles. The topological polar surface area (TPSA) is 118 Å². The largest absolute Gasteiger partial charge is 0.480 e. The van der Waals surface area contributed by atoms with Crippen molar-refractivity contribution >= 4 is 29.5 Å². The van der Waals surface area contributed by atoms with Crippen molar-refractivity contribution in [1.29, 1.82) is 0 Å². The Morgan fingerprint density at radius 2 is 1.88 bits per heavy atom. The van der Waals surface area contributed by atoms with Gasteiger partial charge in [-0.25, -0.2) is 9.59 Å². The summed E-state index contributed by atoms with van der Waals surface area (Å²) < 4.78 is 0. The zero-order chi connectivity index (χ0) is 13.5. The van der Waals surface area contributed by atoms with E-state index in [9.17, 15) is 14.4 Å². The van der Waals surface area contributed by atoms with E-state index >= 15 is 0 Å². The maximum Gasteiger partial charge on any atom is 0.331 e. The first-order valence-corrected chi connectivity index (χ1v) is 6.05. The molecule has 7 heteroatoms. The second-order valence-electron chi connectivity index (χ2n) is 3.26. The second kappa shape index (κ2) is 7.08. The summed E-state index contributed by atoms with van der Waals surface area (Å²) in [6, 6.07) is 0. The maximum atomic E-state index is 11.5. The number of carbonyl (C=O) groups is 3. The number of ketones is 1. The lowest BCUT2D eigenvalue weighted by Gasteiger charge is -2.21. The van der Waals surface area contributed by atoms with Gasteiger partial charge in [0.05, 0.1) is 0 Å². The maximum absolute atomic E-state index is 11.5. The number of carboxylic acids is 2. The molecular weight excluding hydrogens is 246 g/mol. The first-order chi connectivity index (χ1) is 7.84. The molecule has 1 atom stereocenters. The predicted molar refractivity (Wildman–Crippen MR) is 64.0 cm³/mol. The number of rotatable bonds is 8.